The molecule has 1 N–H and O–H groups in total. The van der Waals surface area contributed by atoms with Crippen LogP contribution in [-0.2, 0) is 6.54 Å². The molecule has 1 aromatic carbocycles. The lowest BCUT2D eigenvalue weighted by Crippen LogP contribution is -2.11. The minimum Gasteiger partial charge on any atom is -0.438 e. The van der Waals surface area contributed by atoms with Crippen LogP contribution in [0.3, 0.4) is 0 Å². The molecule has 1 aliphatic rings. The average Bonchev–Trinajstić information content (AvgIpc) is 3.00. The maximum absolute atomic E-state index is 12.4. The molecule has 0 bridgehead atoms. The number of fused-ring (bicyclic) bond motifs is 3. The van der Waals surface area contributed by atoms with E-state index in [1.165, 1.54) is 0 Å². The fraction of sp³-hybridized carbons (Fsp3) is 0.100. The second-order valence-electron chi connectivity index (χ2n) is 5.70. The third-order valence-corrected chi connectivity index (χ3v) is 3.68. The van der Waals surface area contributed by atoms with E-state index < -0.39 is 0 Å². The van der Waals surface area contributed by atoms with Gasteiger partial charge in [-0.05, 0) is 13.0 Å². The van der Waals surface area contributed by atoms with Gasteiger partial charge >= 0.3 is 0 Å². The smallest absolute Gasteiger partial charge is 0.214 e. The van der Waals surface area contributed by atoms with Gasteiger partial charge in [0, 0.05) is 22.4 Å². The van der Waals surface area contributed by atoms with Gasteiger partial charge in [0.05, 0.1) is 6.54 Å². The molecule has 0 unspecified atom stereocenters. The van der Waals surface area contributed by atoms with Gasteiger partial charge in [0.2, 0.25) is 5.89 Å². The summed E-state index contributed by atoms with van der Waals surface area (Å²) in [5, 5.41) is 3.12. The van der Waals surface area contributed by atoms with Gasteiger partial charge in [-0.2, -0.15) is 0 Å². The van der Waals surface area contributed by atoms with E-state index in [0.717, 1.165) is 16.8 Å². The second kappa shape index (κ2) is 6.16. The minimum absolute atomic E-state index is 0.111. The number of carbonyl (C=O) groups is 1. The van der Waals surface area contributed by atoms with Crippen molar-refractivity contribution >= 4 is 11.4 Å². The van der Waals surface area contributed by atoms with Crippen LogP contribution in [0.4, 0.5) is 0 Å². The fourth-order valence-electron chi connectivity index (χ4n) is 2.47. The highest BCUT2D eigenvalue weighted by atomic mass is 16.4. The van der Waals surface area contributed by atoms with Crippen molar-refractivity contribution in [2.75, 3.05) is 0 Å². The lowest BCUT2D eigenvalue weighted by Gasteiger charge is -2.13. The number of nitrogens with zero attached hydrogens (tertiary/aromatic N) is 1. The molecule has 0 radical (unpaired) electrons. The molecule has 1 aliphatic carbocycles. The van der Waals surface area contributed by atoms with E-state index in [1.54, 1.807) is 6.07 Å². The SMILES string of the molecule is C=C(C)/C=C\C(=C)NCc1nc2c(o1)-c1ccccc1C(=O)C2=C. The quantitative estimate of drug-likeness (QED) is 0.660. The zero-order chi connectivity index (χ0) is 17.3. The summed E-state index contributed by atoms with van der Waals surface area (Å²) in [6.45, 7) is 13.8. The molecule has 0 atom stereocenters. The predicted octanol–water partition coefficient (Wildman–Crippen LogP) is 4.29. The van der Waals surface area contributed by atoms with E-state index in [-0.39, 0.29) is 5.78 Å². The molecule has 1 aromatic heterocycles. The number of hydrogen-bond donors (Lipinski definition) is 1. The number of ketones is 1. The first-order valence-corrected chi connectivity index (χ1v) is 7.57. The van der Waals surface area contributed by atoms with Crippen LogP contribution in [0, 0.1) is 0 Å². The van der Waals surface area contributed by atoms with Crippen molar-refractivity contribution in [3.63, 3.8) is 0 Å². The zero-order valence-corrected chi connectivity index (χ0v) is 13.6. The highest BCUT2D eigenvalue weighted by Gasteiger charge is 2.30. The zero-order valence-electron chi connectivity index (χ0n) is 13.6. The molecule has 4 nitrogen and oxygen atoms in total. The molecule has 1 heterocycles. The summed E-state index contributed by atoms with van der Waals surface area (Å²) in [7, 11) is 0. The van der Waals surface area contributed by atoms with Crippen molar-refractivity contribution in [3.05, 3.63) is 84.6 Å². The largest absolute Gasteiger partial charge is 0.438 e. The first kappa shape index (κ1) is 15.7. The summed E-state index contributed by atoms with van der Waals surface area (Å²) < 4.78 is 5.86. The first-order valence-electron chi connectivity index (χ1n) is 7.57. The van der Waals surface area contributed by atoms with Gasteiger partial charge in [-0.15, -0.1) is 0 Å². The summed E-state index contributed by atoms with van der Waals surface area (Å²) in [6, 6.07) is 7.33. The Labute approximate surface area is 140 Å². The van der Waals surface area contributed by atoms with Crippen molar-refractivity contribution < 1.29 is 9.21 Å². The third kappa shape index (κ3) is 2.86. The summed E-state index contributed by atoms with van der Waals surface area (Å²) >= 11 is 0. The topological polar surface area (TPSA) is 55.1 Å². The minimum atomic E-state index is -0.111. The predicted molar refractivity (Wildman–Crippen MR) is 95.2 cm³/mol. The highest BCUT2D eigenvalue weighted by molar-refractivity contribution is 6.32. The Morgan fingerprint density at radius 2 is 1.96 bits per heavy atom. The number of allylic oxidation sites excluding steroid dienone is 4. The number of aromatic nitrogens is 1. The molecule has 2 aromatic rings. The molecule has 3 rings (SSSR count). The monoisotopic (exact) mass is 318 g/mol. The number of benzene rings is 1. The van der Waals surface area contributed by atoms with Crippen molar-refractivity contribution in [1.82, 2.24) is 10.3 Å². The number of Topliss-reactive ketones (excluding diaryl/α,β-unsaturated/α-hetero) is 1. The van der Waals surface area contributed by atoms with Gasteiger partial charge in [-0.25, -0.2) is 4.98 Å². The standard InChI is InChI=1S/C20H18N2O2/c1-12(2)9-10-13(3)21-11-17-22-18-14(4)19(23)15-7-5-6-8-16(15)20(18)24-17/h5-10,21H,1,3-4,11H2,2H3/b10-9-. The molecule has 0 amide bonds. The molecular formula is C20H18N2O2. The number of nitrogens with one attached hydrogen (secondary N) is 1. The molecular weight excluding hydrogens is 300 g/mol. The van der Waals surface area contributed by atoms with Crippen LogP contribution in [0.1, 0.15) is 28.9 Å². The maximum atomic E-state index is 12.4. The lowest BCUT2D eigenvalue weighted by atomic mass is 9.89. The molecule has 0 saturated carbocycles. The lowest BCUT2D eigenvalue weighted by molar-refractivity contribution is 0.105. The van der Waals surface area contributed by atoms with Crippen LogP contribution in [0.15, 0.2) is 71.8 Å². The van der Waals surface area contributed by atoms with Crippen LogP contribution in [0.25, 0.3) is 16.9 Å². The molecule has 0 saturated heterocycles. The number of hydrogen-bond acceptors (Lipinski definition) is 4. The van der Waals surface area contributed by atoms with Gasteiger partial charge in [0.15, 0.2) is 11.5 Å². The molecule has 4 heteroatoms. The van der Waals surface area contributed by atoms with Gasteiger partial charge in [0.1, 0.15) is 5.69 Å². The van der Waals surface area contributed by atoms with Gasteiger partial charge in [-0.3, -0.25) is 4.79 Å². The van der Waals surface area contributed by atoms with Crippen molar-refractivity contribution in [2.24, 2.45) is 0 Å². The van der Waals surface area contributed by atoms with Crippen molar-refractivity contribution in [2.45, 2.75) is 13.5 Å². The summed E-state index contributed by atoms with van der Waals surface area (Å²) in [4.78, 5) is 16.8. The van der Waals surface area contributed by atoms with Crippen molar-refractivity contribution in [3.8, 4) is 11.3 Å². The maximum Gasteiger partial charge on any atom is 0.214 e. The fourth-order valence-corrected chi connectivity index (χ4v) is 2.47. The number of oxazole rings is 1. The Bertz CT molecular complexity index is 900. The average molecular weight is 318 g/mol. The second-order valence-corrected chi connectivity index (χ2v) is 5.70. The number of carbonyl (C=O) groups excluding carboxylic acids is 1. The normalized spacial score (nSPS) is 12.9. The van der Waals surface area contributed by atoms with Crippen LogP contribution in [0.2, 0.25) is 0 Å². The highest BCUT2D eigenvalue weighted by Crippen LogP contribution is 2.38. The molecule has 0 spiro atoms. The third-order valence-electron chi connectivity index (χ3n) is 3.68. The van der Waals surface area contributed by atoms with Crippen LogP contribution in [0.5, 0.6) is 0 Å². The molecule has 0 fully saturated rings. The van der Waals surface area contributed by atoms with E-state index in [2.05, 4.69) is 30.0 Å². The van der Waals surface area contributed by atoms with Crippen LogP contribution < -0.4 is 5.32 Å². The van der Waals surface area contributed by atoms with Crippen molar-refractivity contribution in [1.29, 1.82) is 0 Å². The summed E-state index contributed by atoms with van der Waals surface area (Å²) in [6.07, 6.45) is 3.70. The first-order chi connectivity index (χ1) is 11.5. The summed E-state index contributed by atoms with van der Waals surface area (Å²) in [5.41, 5.74) is 3.89. The van der Waals surface area contributed by atoms with Gasteiger partial charge in [0.25, 0.3) is 0 Å². The van der Waals surface area contributed by atoms with E-state index in [1.807, 2.05) is 37.3 Å². The Morgan fingerprint density at radius 3 is 2.67 bits per heavy atom. The number of rotatable bonds is 5. The Kier molecular flexibility index (Phi) is 4.04. The van der Waals surface area contributed by atoms with E-state index in [9.17, 15) is 4.79 Å². The molecule has 0 aliphatic heterocycles. The van der Waals surface area contributed by atoms with Gasteiger partial charge in [-0.1, -0.05) is 55.7 Å². The summed E-state index contributed by atoms with van der Waals surface area (Å²) in [5.74, 6) is 0.963. The Balaban J connectivity index is 1.85. The van der Waals surface area contributed by atoms with E-state index in [4.69, 9.17) is 4.42 Å². The molecule has 120 valence electrons. The van der Waals surface area contributed by atoms with Crippen LogP contribution in [-0.4, -0.2) is 10.8 Å². The Morgan fingerprint density at radius 1 is 1.25 bits per heavy atom. The van der Waals surface area contributed by atoms with Crippen LogP contribution >= 0.6 is 0 Å². The molecule has 24 heavy (non-hydrogen) atoms. The van der Waals surface area contributed by atoms with Gasteiger partial charge < -0.3 is 9.73 Å². The van der Waals surface area contributed by atoms with E-state index >= 15 is 0 Å². The van der Waals surface area contributed by atoms with E-state index in [0.29, 0.717) is 35.0 Å². The Hall–Kier alpha value is -3.14.